The number of hydrogen-bond acceptors (Lipinski definition) is 3. The molecule has 1 aromatic rings. The van der Waals surface area contributed by atoms with Crippen LogP contribution in [0.1, 0.15) is 28.8 Å². The molecule has 1 aliphatic heterocycles. The van der Waals surface area contributed by atoms with Gasteiger partial charge in [0.1, 0.15) is 5.82 Å². The van der Waals surface area contributed by atoms with Crippen LogP contribution in [0.15, 0.2) is 18.2 Å². The molecule has 0 saturated carbocycles. The van der Waals surface area contributed by atoms with E-state index in [1.165, 1.54) is 6.07 Å². The van der Waals surface area contributed by atoms with Crippen LogP contribution < -0.4 is 4.72 Å². The molecule has 1 aromatic carbocycles. The summed E-state index contributed by atoms with van der Waals surface area (Å²) in [6.07, 6.45) is 2.19. The molecule has 7 heteroatoms. The monoisotopic (exact) mass is 314 g/mol. The van der Waals surface area contributed by atoms with Gasteiger partial charge in [-0.15, -0.1) is 0 Å². The number of rotatable bonds is 3. The molecule has 1 heterocycles. The Morgan fingerprint density at radius 1 is 1.33 bits per heavy atom. The van der Waals surface area contributed by atoms with Crippen molar-refractivity contribution in [1.29, 1.82) is 0 Å². The lowest BCUT2D eigenvalue weighted by molar-refractivity contribution is 0.0706. The predicted molar refractivity (Wildman–Crippen MR) is 78.0 cm³/mol. The lowest BCUT2D eigenvalue weighted by atomic mass is 10.0. The topological polar surface area (TPSA) is 66.5 Å². The summed E-state index contributed by atoms with van der Waals surface area (Å²) in [5, 5.41) is 0. The van der Waals surface area contributed by atoms with Gasteiger partial charge in [-0.2, -0.15) is 0 Å². The van der Waals surface area contributed by atoms with Gasteiger partial charge in [-0.3, -0.25) is 4.79 Å². The summed E-state index contributed by atoms with van der Waals surface area (Å²) < 4.78 is 38.6. The largest absolute Gasteiger partial charge is 0.338 e. The van der Waals surface area contributed by atoms with E-state index in [1.807, 2.05) is 0 Å². The predicted octanol–water partition coefficient (Wildman–Crippen LogP) is 1.29. The number of benzene rings is 1. The quantitative estimate of drug-likeness (QED) is 0.914. The molecule has 0 unspecified atom stereocenters. The Labute approximate surface area is 124 Å². The Bertz CT molecular complexity index is 638. The van der Waals surface area contributed by atoms with Gasteiger partial charge in [-0.1, -0.05) is 11.6 Å². The smallest absolute Gasteiger partial charge is 0.256 e. The molecule has 1 saturated heterocycles. The van der Waals surface area contributed by atoms with Crippen LogP contribution in [0.2, 0.25) is 0 Å². The zero-order valence-corrected chi connectivity index (χ0v) is 12.9. The summed E-state index contributed by atoms with van der Waals surface area (Å²) in [5.41, 5.74) is 0.901. The van der Waals surface area contributed by atoms with Crippen molar-refractivity contribution in [2.45, 2.75) is 25.8 Å². The van der Waals surface area contributed by atoms with Gasteiger partial charge in [0.15, 0.2) is 0 Å². The molecule has 5 nitrogen and oxygen atoms in total. The van der Waals surface area contributed by atoms with Crippen molar-refractivity contribution >= 4 is 15.9 Å². The summed E-state index contributed by atoms with van der Waals surface area (Å²) in [6.45, 7) is 2.64. The van der Waals surface area contributed by atoms with Crippen molar-refractivity contribution in [3.05, 3.63) is 35.1 Å². The second-order valence-electron chi connectivity index (χ2n) is 5.44. The summed E-state index contributed by atoms with van der Waals surface area (Å²) in [7, 11) is -3.24. The molecule has 0 aromatic heterocycles. The molecule has 1 fully saturated rings. The molecule has 21 heavy (non-hydrogen) atoms. The van der Waals surface area contributed by atoms with Crippen LogP contribution in [0, 0.1) is 12.7 Å². The van der Waals surface area contributed by atoms with Gasteiger partial charge in [-0.25, -0.2) is 17.5 Å². The number of carbonyl (C=O) groups is 1. The lowest BCUT2D eigenvalue weighted by Gasteiger charge is -2.32. The van der Waals surface area contributed by atoms with Crippen LogP contribution in [-0.2, 0) is 10.0 Å². The molecule has 1 aliphatic rings. The number of aryl methyl sites for hydroxylation is 1. The number of halogens is 1. The highest BCUT2D eigenvalue weighted by Gasteiger charge is 2.26. The Morgan fingerprint density at radius 2 is 1.95 bits per heavy atom. The minimum atomic E-state index is -3.24. The van der Waals surface area contributed by atoms with E-state index in [-0.39, 0.29) is 17.5 Å². The number of likely N-dealkylation sites (tertiary alicyclic amines) is 1. The van der Waals surface area contributed by atoms with Crippen LogP contribution >= 0.6 is 0 Å². The Kier molecular flexibility index (Phi) is 4.63. The number of nitrogens with one attached hydrogen (secondary N) is 1. The molecule has 0 bridgehead atoms. The van der Waals surface area contributed by atoms with E-state index >= 15 is 0 Å². The highest BCUT2D eigenvalue weighted by molar-refractivity contribution is 7.88. The Hall–Kier alpha value is -1.47. The average molecular weight is 314 g/mol. The van der Waals surface area contributed by atoms with E-state index in [0.29, 0.717) is 25.9 Å². The standard InChI is InChI=1S/C14H19FN2O3S/c1-10-3-4-13(15)12(9-10)14(18)17-7-5-11(6-8-17)16-21(2,19)20/h3-4,9,11,16H,5-8H2,1-2H3. The zero-order chi connectivity index (χ0) is 15.6. The van der Waals surface area contributed by atoms with Crippen LogP contribution in [0.4, 0.5) is 4.39 Å². The fraction of sp³-hybridized carbons (Fsp3) is 0.500. The minimum absolute atomic E-state index is 0.0736. The number of nitrogens with zero attached hydrogens (tertiary/aromatic N) is 1. The van der Waals surface area contributed by atoms with Crippen molar-refractivity contribution in [3.63, 3.8) is 0 Å². The van der Waals surface area contributed by atoms with Crippen LogP contribution in [-0.4, -0.2) is 44.6 Å². The first kappa shape index (κ1) is 15.9. The minimum Gasteiger partial charge on any atom is -0.338 e. The van der Waals surface area contributed by atoms with Gasteiger partial charge in [0, 0.05) is 19.1 Å². The number of carbonyl (C=O) groups excluding carboxylic acids is 1. The summed E-state index contributed by atoms with van der Waals surface area (Å²) >= 11 is 0. The van der Waals surface area contributed by atoms with E-state index in [9.17, 15) is 17.6 Å². The SMILES string of the molecule is Cc1ccc(F)c(C(=O)N2CCC(NS(C)(=O)=O)CC2)c1. The molecule has 1 amide bonds. The van der Waals surface area contributed by atoms with Crippen molar-refractivity contribution < 1.29 is 17.6 Å². The van der Waals surface area contributed by atoms with E-state index in [4.69, 9.17) is 0 Å². The average Bonchev–Trinajstić information content (AvgIpc) is 2.40. The molecule has 1 N–H and O–H groups in total. The fourth-order valence-electron chi connectivity index (χ4n) is 2.48. The third kappa shape index (κ3) is 4.25. The van der Waals surface area contributed by atoms with Crippen molar-refractivity contribution in [1.82, 2.24) is 9.62 Å². The van der Waals surface area contributed by atoms with Gasteiger partial charge < -0.3 is 4.90 Å². The second kappa shape index (κ2) is 6.11. The highest BCUT2D eigenvalue weighted by Crippen LogP contribution is 2.17. The van der Waals surface area contributed by atoms with Crippen molar-refractivity contribution in [2.75, 3.05) is 19.3 Å². The molecule has 0 spiro atoms. The maximum absolute atomic E-state index is 13.7. The number of piperidine rings is 1. The molecule has 0 radical (unpaired) electrons. The second-order valence-corrected chi connectivity index (χ2v) is 7.22. The fourth-order valence-corrected chi connectivity index (χ4v) is 3.32. The first-order chi connectivity index (χ1) is 9.76. The van der Waals surface area contributed by atoms with Gasteiger partial charge >= 0.3 is 0 Å². The Balaban J connectivity index is 2.02. The van der Waals surface area contributed by atoms with Crippen molar-refractivity contribution in [3.8, 4) is 0 Å². The van der Waals surface area contributed by atoms with Crippen LogP contribution in [0.5, 0.6) is 0 Å². The van der Waals surface area contributed by atoms with E-state index in [2.05, 4.69) is 4.72 Å². The maximum Gasteiger partial charge on any atom is 0.256 e. The molecule has 2 rings (SSSR count). The third-order valence-corrected chi connectivity index (χ3v) is 4.28. The lowest BCUT2D eigenvalue weighted by Crippen LogP contribution is -2.46. The van der Waals surface area contributed by atoms with Gasteiger partial charge in [0.05, 0.1) is 11.8 Å². The maximum atomic E-state index is 13.7. The number of sulfonamides is 1. The van der Waals surface area contributed by atoms with Crippen LogP contribution in [0.25, 0.3) is 0 Å². The third-order valence-electron chi connectivity index (χ3n) is 3.52. The molecular formula is C14H19FN2O3S. The summed E-state index contributed by atoms with van der Waals surface area (Å²) in [6, 6.07) is 4.29. The van der Waals surface area contributed by atoms with Gasteiger partial charge in [0.2, 0.25) is 10.0 Å². The number of amides is 1. The van der Waals surface area contributed by atoms with Gasteiger partial charge in [0.25, 0.3) is 5.91 Å². The van der Waals surface area contributed by atoms with Crippen LogP contribution in [0.3, 0.4) is 0 Å². The van der Waals surface area contributed by atoms with E-state index < -0.39 is 15.8 Å². The van der Waals surface area contributed by atoms with E-state index in [1.54, 1.807) is 24.0 Å². The summed E-state index contributed by atoms with van der Waals surface area (Å²) in [4.78, 5) is 13.9. The summed E-state index contributed by atoms with van der Waals surface area (Å²) in [5.74, 6) is -0.865. The molecule has 116 valence electrons. The van der Waals surface area contributed by atoms with E-state index in [0.717, 1.165) is 11.8 Å². The van der Waals surface area contributed by atoms with Gasteiger partial charge in [-0.05, 0) is 31.9 Å². The van der Waals surface area contributed by atoms with Crippen molar-refractivity contribution in [2.24, 2.45) is 0 Å². The molecular weight excluding hydrogens is 295 g/mol. The first-order valence-electron chi connectivity index (χ1n) is 6.79. The normalized spacial score (nSPS) is 17.0. The number of hydrogen-bond donors (Lipinski definition) is 1. The Morgan fingerprint density at radius 3 is 2.52 bits per heavy atom. The molecule has 0 atom stereocenters. The first-order valence-corrected chi connectivity index (χ1v) is 8.68. The molecule has 0 aliphatic carbocycles. The highest BCUT2D eigenvalue weighted by atomic mass is 32.2. The zero-order valence-electron chi connectivity index (χ0n) is 12.1.